The standard InChI is InChI=1S/C16H19N7O2S/c24-8-13-14(20-10-19-13)9-26-5-4-18-16-21-15(25)12(22-23-16)6-11-2-1-3-17-7-11/h1-3,7,10,24H,4-6,8-9H2,(H,19,20)(H2,18,21,23,25). The zero-order valence-corrected chi connectivity index (χ0v) is 14.8. The molecule has 9 nitrogen and oxygen atoms in total. The second kappa shape index (κ2) is 9.11. The molecular formula is C16H19N7O2S. The quantitative estimate of drug-likeness (QED) is 0.403. The minimum Gasteiger partial charge on any atom is -0.390 e. The zero-order chi connectivity index (χ0) is 18.2. The summed E-state index contributed by atoms with van der Waals surface area (Å²) in [5.41, 5.74) is 2.50. The molecule has 0 aliphatic heterocycles. The van der Waals surface area contributed by atoms with E-state index >= 15 is 0 Å². The van der Waals surface area contributed by atoms with Crippen molar-refractivity contribution in [1.82, 2.24) is 30.1 Å². The van der Waals surface area contributed by atoms with E-state index in [2.05, 4.69) is 35.5 Å². The number of aromatic nitrogens is 6. The van der Waals surface area contributed by atoms with E-state index in [1.54, 1.807) is 30.5 Å². The minimum atomic E-state index is -0.355. The lowest BCUT2D eigenvalue weighted by molar-refractivity contribution is 0.276. The molecule has 0 fully saturated rings. The maximum absolute atomic E-state index is 12.1. The van der Waals surface area contributed by atoms with Crippen molar-refractivity contribution in [1.29, 1.82) is 0 Å². The number of aliphatic hydroxyl groups is 1. The fourth-order valence-electron chi connectivity index (χ4n) is 2.27. The van der Waals surface area contributed by atoms with Gasteiger partial charge in [0.05, 0.1) is 24.3 Å². The van der Waals surface area contributed by atoms with Gasteiger partial charge in [-0.05, 0) is 11.6 Å². The Kier molecular flexibility index (Phi) is 6.34. The van der Waals surface area contributed by atoms with Gasteiger partial charge in [-0.1, -0.05) is 6.07 Å². The molecule has 3 aromatic rings. The number of imidazole rings is 1. The molecule has 0 aliphatic carbocycles. The third-order valence-electron chi connectivity index (χ3n) is 3.59. The number of anilines is 1. The van der Waals surface area contributed by atoms with Crippen LogP contribution in [0.5, 0.6) is 0 Å². The second-order valence-corrected chi connectivity index (χ2v) is 6.54. The zero-order valence-electron chi connectivity index (χ0n) is 14.0. The Morgan fingerprint density at radius 1 is 1.31 bits per heavy atom. The molecular weight excluding hydrogens is 354 g/mol. The molecule has 4 N–H and O–H groups in total. The maximum atomic E-state index is 12.1. The number of hydrogen-bond donors (Lipinski definition) is 4. The van der Waals surface area contributed by atoms with Crippen molar-refractivity contribution in [2.24, 2.45) is 0 Å². The van der Waals surface area contributed by atoms with E-state index < -0.39 is 0 Å². The fourth-order valence-corrected chi connectivity index (χ4v) is 3.10. The number of nitrogens with one attached hydrogen (secondary N) is 3. The van der Waals surface area contributed by atoms with Gasteiger partial charge in [0.25, 0.3) is 5.56 Å². The van der Waals surface area contributed by atoms with Crippen LogP contribution in [0.3, 0.4) is 0 Å². The van der Waals surface area contributed by atoms with E-state index in [0.29, 0.717) is 30.4 Å². The van der Waals surface area contributed by atoms with E-state index in [4.69, 9.17) is 5.11 Å². The molecule has 3 aromatic heterocycles. The molecule has 0 bridgehead atoms. The number of aromatic amines is 2. The lowest BCUT2D eigenvalue weighted by Crippen LogP contribution is -2.20. The monoisotopic (exact) mass is 373 g/mol. The number of nitrogens with zero attached hydrogens (tertiary/aromatic N) is 4. The molecule has 10 heteroatoms. The van der Waals surface area contributed by atoms with Gasteiger partial charge in [0.1, 0.15) is 5.69 Å². The van der Waals surface area contributed by atoms with Crippen LogP contribution in [0.1, 0.15) is 22.6 Å². The summed E-state index contributed by atoms with van der Waals surface area (Å²) in [6.45, 7) is 0.576. The van der Waals surface area contributed by atoms with Crippen molar-refractivity contribution in [3.8, 4) is 0 Å². The lowest BCUT2D eigenvalue weighted by Gasteiger charge is -2.06. The van der Waals surface area contributed by atoms with Crippen molar-refractivity contribution in [3.63, 3.8) is 0 Å². The molecule has 0 aromatic carbocycles. The van der Waals surface area contributed by atoms with E-state index in [-0.39, 0.29) is 12.2 Å². The Bertz CT molecular complexity index is 882. The first-order valence-electron chi connectivity index (χ1n) is 8.04. The number of aliphatic hydroxyl groups excluding tert-OH is 1. The molecule has 0 saturated carbocycles. The first-order chi connectivity index (χ1) is 12.8. The molecule has 0 aliphatic rings. The predicted molar refractivity (Wildman–Crippen MR) is 98.9 cm³/mol. The maximum Gasteiger partial charge on any atom is 0.296 e. The van der Waals surface area contributed by atoms with Crippen LogP contribution in [0.4, 0.5) is 5.95 Å². The van der Waals surface area contributed by atoms with Gasteiger partial charge in [0, 0.05) is 36.9 Å². The van der Waals surface area contributed by atoms with Crippen molar-refractivity contribution in [2.45, 2.75) is 18.8 Å². The molecule has 136 valence electrons. The van der Waals surface area contributed by atoms with Gasteiger partial charge in [-0.2, -0.15) is 21.8 Å². The Morgan fingerprint density at radius 2 is 2.23 bits per heavy atom. The Hall–Kier alpha value is -2.72. The Labute approximate surface area is 153 Å². The summed E-state index contributed by atoms with van der Waals surface area (Å²) in [4.78, 5) is 27.1. The van der Waals surface area contributed by atoms with E-state index in [9.17, 15) is 4.79 Å². The van der Waals surface area contributed by atoms with Crippen LogP contribution < -0.4 is 10.9 Å². The smallest absolute Gasteiger partial charge is 0.296 e. The second-order valence-electron chi connectivity index (χ2n) is 5.44. The van der Waals surface area contributed by atoms with Crippen LogP contribution in [0.25, 0.3) is 0 Å². The van der Waals surface area contributed by atoms with E-state index in [1.807, 2.05) is 12.1 Å². The lowest BCUT2D eigenvalue weighted by atomic mass is 10.2. The molecule has 0 amide bonds. The first-order valence-corrected chi connectivity index (χ1v) is 9.20. The Balaban J connectivity index is 1.45. The van der Waals surface area contributed by atoms with Crippen LogP contribution in [-0.4, -0.2) is 47.5 Å². The highest BCUT2D eigenvalue weighted by atomic mass is 32.2. The summed E-state index contributed by atoms with van der Waals surface area (Å²) in [6, 6.07) is 3.70. The molecule has 3 heterocycles. The average Bonchev–Trinajstić information content (AvgIpc) is 3.12. The highest BCUT2D eigenvalue weighted by molar-refractivity contribution is 7.98. The normalized spacial score (nSPS) is 10.8. The molecule has 0 unspecified atom stereocenters. The number of rotatable bonds is 9. The summed E-state index contributed by atoms with van der Waals surface area (Å²) >= 11 is 1.67. The summed E-state index contributed by atoms with van der Waals surface area (Å²) in [7, 11) is 0. The van der Waals surface area contributed by atoms with Crippen LogP contribution in [0.2, 0.25) is 0 Å². The number of hydrogen-bond acceptors (Lipinski definition) is 8. The van der Waals surface area contributed by atoms with Crippen molar-refractivity contribution in [3.05, 3.63) is 63.9 Å². The molecule has 3 rings (SSSR count). The largest absolute Gasteiger partial charge is 0.390 e. The van der Waals surface area contributed by atoms with E-state index in [0.717, 1.165) is 22.7 Å². The first kappa shape index (κ1) is 18.1. The topological polar surface area (TPSA) is 132 Å². The van der Waals surface area contributed by atoms with Crippen molar-refractivity contribution in [2.75, 3.05) is 17.6 Å². The van der Waals surface area contributed by atoms with E-state index in [1.165, 1.54) is 0 Å². The van der Waals surface area contributed by atoms with Crippen LogP contribution in [0, 0.1) is 0 Å². The predicted octanol–water partition coefficient (Wildman–Crippen LogP) is 0.711. The third kappa shape index (κ3) is 4.90. The Morgan fingerprint density at radius 3 is 3.00 bits per heavy atom. The van der Waals surface area contributed by atoms with Gasteiger partial charge in [-0.25, -0.2) is 10.1 Å². The third-order valence-corrected chi connectivity index (χ3v) is 4.56. The fraction of sp³-hybridized carbons (Fsp3) is 0.312. The SMILES string of the molecule is O=c1nc(NCCSCc2nc[nH]c2CO)[nH]nc1Cc1cccnc1. The van der Waals surface area contributed by atoms with Gasteiger partial charge < -0.3 is 15.4 Å². The highest BCUT2D eigenvalue weighted by Crippen LogP contribution is 2.13. The summed E-state index contributed by atoms with van der Waals surface area (Å²) in [5, 5.41) is 19.1. The van der Waals surface area contributed by atoms with Gasteiger partial charge >= 0.3 is 0 Å². The van der Waals surface area contributed by atoms with Crippen molar-refractivity contribution >= 4 is 17.7 Å². The van der Waals surface area contributed by atoms with Gasteiger partial charge in [0.15, 0.2) is 0 Å². The highest BCUT2D eigenvalue weighted by Gasteiger charge is 2.07. The average molecular weight is 373 g/mol. The summed E-state index contributed by atoms with van der Waals surface area (Å²) in [6.07, 6.45) is 5.35. The molecule has 0 radical (unpaired) electrons. The summed E-state index contributed by atoms with van der Waals surface area (Å²) < 4.78 is 0. The molecule has 0 saturated heterocycles. The summed E-state index contributed by atoms with van der Waals surface area (Å²) in [5.74, 6) is 1.84. The molecule has 0 spiro atoms. The molecule has 0 atom stereocenters. The van der Waals surface area contributed by atoms with Crippen molar-refractivity contribution < 1.29 is 5.11 Å². The van der Waals surface area contributed by atoms with Crippen LogP contribution in [0.15, 0.2) is 35.6 Å². The molecule has 26 heavy (non-hydrogen) atoms. The van der Waals surface area contributed by atoms with Gasteiger partial charge in [-0.15, -0.1) is 0 Å². The number of H-pyrrole nitrogens is 2. The van der Waals surface area contributed by atoms with Gasteiger partial charge in [0.2, 0.25) is 5.95 Å². The number of thioether (sulfide) groups is 1. The van der Waals surface area contributed by atoms with Crippen LogP contribution >= 0.6 is 11.8 Å². The minimum absolute atomic E-state index is 0.0453. The van der Waals surface area contributed by atoms with Gasteiger partial charge in [-0.3, -0.25) is 9.78 Å². The van der Waals surface area contributed by atoms with Crippen LogP contribution in [-0.2, 0) is 18.8 Å². The number of pyridine rings is 1.